The van der Waals surface area contributed by atoms with Gasteiger partial charge in [0.2, 0.25) is 0 Å². The minimum atomic E-state index is -0.388. The highest BCUT2D eigenvalue weighted by Gasteiger charge is 2.27. The maximum absolute atomic E-state index is 13.4. The Morgan fingerprint density at radius 2 is 2.10 bits per heavy atom. The lowest BCUT2D eigenvalue weighted by molar-refractivity contribution is 0.387. The molecule has 0 saturated heterocycles. The molecule has 0 aliphatic heterocycles. The average molecular weight is 338 g/mol. The largest absolute Gasteiger partial charge is 0.494 e. The summed E-state index contributed by atoms with van der Waals surface area (Å²) in [5, 5.41) is 3.14. The van der Waals surface area contributed by atoms with Crippen LogP contribution in [-0.4, -0.2) is 17.1 Å². The molecule has 0 unspecified atom stereocenters. The summed E-state index contributed by atoms with van der Waals surface area (Å²) < 4.78 is 19.1. The van der Waals surface area contributed by atoms with E-state index in [1.54, 1.807) is 18.2 Å². The van der Waals surface area contributed by atoms with Crippen molar-refractivity contribution < 1.29 is 9.13 Å². The molecule has 104 valence electrons. The number of hydrogen-bond acceptors (Lipinski definition) is 4. The summed E-state index contributed by atoms with van der Waals surface area (Å²) >= 11 is 3.39. The van der Waals surface area contributed by atoms with Gasteiger partial charge in [-0.1, -0.05) is 0 Å². The van der Waals surface area contributed by atoms with Gasteiger partial charge in [-0.15, -0.1) is 0 Å². The van der Waals surface area contributed by atoms with Gasteiger partial charge in [0.25, 0.3) is 0 Å². The average Bonchev–Trinajstić information content (AvgIpc) is 3.25. The molecule has 1 heterocycles. The van der Waals surface area contributed by atoms with Crippen molar-refractivity contribution in [1.82, 2.24) is 9.97 Å². The van der Waals surface area contributed by atoms with Crippen LogP contribution in [0.15, 0.2) is 28.9 Å². The van der Waals surface area contributed by atoms with E-state index in [1.165, 1.54) is 13.2 Å². The van der Waals surface area contributed by atoms with Crippen molar-refractivity contribution in [3.8, 4) is 5.75 Å². The van der Waals surface area contributed by atoms with E-state index in [2.05, 4.69) is 31.2 Å². The zero-order chi connectivity index (χ0) is 14.1. The van der Waals surface area contributed by atoms with Crippen LogP contribution < -0.4 is 10.1 Å². The molecular formula is C14H13BrFN3O. The van der Waals surface area contributed by atoms with Gasteiger partial charge in [-0.25, -0.2) is 14.4 Å². The Labute approximate surface area is 124 Å². The first-order valence-corrected chi connectivity index (χ1v) is 7.10. The monoisotopic (exact) mass is 337 g/mol. The minimum Gasteiger partial charge on any atom is -0.494 e. The van der Waals surface area contributed by atoms with Crippen molar-refractivity contribution in [3.63, 3.8) is 0 Å². The van der Waals surface area contributed by atoms with Crippen molar-refractivity contribution in [1.29, 1.82) is 0 Å². The molecule has 3 rings (SSSR count). The predicted octanol–water partition coefficient (Wildman–Crippen LogP) is 4.01. The standard InChI is InChI=1S/C14H13BrFN3O/c1-20-11-6-9(4-5-10(11)16)17-13-7-12(15)18-14(19-13)8-2-3-8/h4-8H,2-3H2,1H3,(H,17,18,19). The van der Waals surface area contributed by atoms with Gasteiger partial charge < -0.3 is 10.1 Å². The number of halogens is 2. The summed E-state index contributed by atoms with van der Waals surface area (Å²) in [7, 11) is 1.44. The second kappa shape index (κ2) is 5.36. The molecule has 1 aromatic heterocycles. The molecular weight excluding hydrogens is 325 g/mol. The molecule has 1 N–H and O–H groups in total. The van der Waals surface area contributed by atoms with Crippen LogP contribution in [0.3, 0.4) is 0 Å². The Bertz CT molecular complexity index is 646. The number of anilines is 2. The Morgan fingerprint density at radius 3 is 2.80 bits per heavy atom. The smallest absolute Gasteiger partial charge is 0.165 e. The van der Waals surface area contributed by atoms with Gasteiger partial charge in [0, 0.05) is 23.7 Å². The highest BCUT2D eigenvalue weighted by molar-refractivity contribution is 9.10. The number of rotatable bonds is 4. The zero-order valence-corrected chi connectivity index (χ0v) is 12.4. The topological polar surface area (TPSA) is 47.0 Å². The second-order valence-corrected chi connectivity index (χ2v) is 5.50. The van der Waals surface area contributed by atoms with Crippen LogP contribution in [0.2, 0.25) is 0 Å². The summed E-state index contributed by atoms with van der Waals surface area (Å²) in [6.45, 7) is 0. The fourth-order valence-electron chi connectivity index (χ4n) is 1.91. The maximum atomic E-state index is 13.4. The number of benzene rings is 1. The van der Waals surface area contributed by atoms with E-state index in [-0.39, 0.29) is 11.6 Å². The first kappa shape index (κ1) is 13.3. The summed E-state index contributed by atoms with van der Waals surface area (Å²) in [5.74, 6) is 1.81. The van der Waals surface area contributed by atoms with Crippen LogP contribution in [-0.2, 0) is 0 Å². The van der Waals surface area contributed by atoms with E-state index in [9.17, 15) is 4.39 Å². The molecule has 1 saturated carbocycles. The van der Waals surface area contributed by atoms with Crippen molar-refractivity contribution in [3.05, 3.63) is 40.5 Å². The minimum absolute atomic E-state index is 0.200. The maximum Gasteiger partial charge on any atom is 0.165 e. The molecule has 1 aromatic carbocycles. The molecule has 0 radical (unpaired) electrons. The van der Waals surface area contributed by atoms with Crippen molar-refractivity contribution in [2.24, 2.45) is 0 Å². The quantitative estimate of drug-likeness (QED) is 0.856. The van der Waals surface area contributed by atoms with Crippen LogP contribution in [0.1, 0.15) is 24.6 Å². The summed E-state index contributed by atoms with van der Waals surface area (Å²) in [6.07, 6.45) is 2.28. The Morgan fingerprint density at radius 1 is 1.30 bits per heavy atom. The van der Waals surface area contributed by atoms with Crippen LogP contribution in [0.4, 0.5) is 15.9 Å². The number of nitrogens with one attached hydrogen (secondary N) is 1. The Kier molecular flexibility index (Phi) is 3.56. The van der Waals surface area contributed by atoms with Crippen LogP contribution >= 0.6 is 15.9 Å². The van der Waals surface area contributed by atoms with E-state index in [4.69, 9.17) is 4.74 Å². The van der Waals surface area contributed by atoms with Crippen molar-refractivity contribution in [2.45, 2.75) is 18.8 Å². The molecule has 1 aliphatic carbocycles. The van der Waals surface area contributed by atoms with E-state index >= 15 is 0 Å². The van der Waals surface area contributed by atoms with Crippen LogP contribution in [0.25, 0.3) is 0 Å². The molecule has 20 heavy (non-hydrogen) atoms. The van der Waals surface area contributed by atoms with Gasteiger partial charge >= 0.3 is 0 Å². The van der Waals surface area contributed by atoms with Crippen molar-refractivity contribution in [2.75, 3.05) is 12.4 Å². The van der Waals surface area contributed by atoms with Gasteiger partial charge in [-0.2, -0.15) is 0 Å². The number of ether oxygens (including phenoxy) is 1. The van der Waals surface area contributed by atoms with Gasteiger partial charge in [-0.05, 0) is 40.9 Å². The lowest BCUT2D eigenvalue weighted by atomic mass is 10.3. The number of hydrogen-bond donors (Lipinski definition) is 1. The van der Waals surface area contributed by atoms with Gasteiger partial charge in [-0.3, -0.25) is 0 Å². The van der Waals surface area contributed by atoms with Crippen molar-refractivity contribution >= 4 is 27.4 Å². The molecule has 0 atom stereocenters. The number of aromatic nitrogens is 2. The third-order valence-electron chi connectivity index (χ3n) is 3.08. The molecule has 0 spiro atoms. The normalized spacial score (nSPS) is 14.2. The number of methoxy groups -OCH3 is 1. The molecule has 0 amide bonds. The fourth-order valence-corrected chi connectivity index (χ4v) is 2.31. The SMILES string of the molecule is COc1cc(Nc2cc(Br)nc(C3CC3)n2)ccc1F. The third kappa shape index (κ3) is 2.90. The number of nitrogens with zero attached hydrogens (tertiary/aromatic N) is 2. The summed E-state index contributed by atoms with van der Waals surface area (Å²) in [6, 6.07) is 6.40. The molecule has 1 fully saturated rings. The molecule has 2 aromatic rings. The Hall–Kier alpha value is -1.69. The Balaban J connectivity index is 1.87. The van der Waals surface area contributed by atoms with Gasteiger partial charge in [0.1, 0.15) is 16.2 Å². The predicted molar refractivity (Wildman–Crippen MR) is 77.9 cm³/mol. The van der Waals surface area contributed by atoms with E-state index < -0.39 is 0 Å². The molecule has 6 heteroatoms. The summed E-state index contributed by atoms with van der Waals surface area (Å²) in [5.41, 5.74) is 0.718. The highest BCUT2D eigenvalue weighted by atomic mass is 79.9. The van der Waals surface area contributed by atoms with Gasteiger partial charge in [0.05, 0.1) is 7.11 Å². The highest BCUT2D eigenvalue weighted by Crippen LogP contribution is 2.39. The zero-order valence-electron chi connectivity index (χ0n) is 10.9. The lowest BCUT2D eigenvalue weighted by Crippen LogP contribution is -2.00. The third-order valence-corrected chi connectivity index (χ3v) is 3.48. The summed E-state index contributed by atoms with van der Waals surface area (Å²) in [4.78, 5) is 8.85. The molecule has 1 aliphatic rings. The van der Waals surface area contributed by atoms with E-state index in [1.807, 2.05) is 0 Å². The van der Waals surface area contributed by atoms with E-state index in [0.717, 1.165) is 29.0 Å². The van der Waals surface area contributed by atoms with Gasteiger partial charge in [0.15, 0.2) is 11.6 Å². The molecule has 0 bridgehead atoms. The first-order chi connectivity index (χ1) is 9.65. The van der Waals surface area contributed by atoms with Crippen LogP contribution in [0.5, 0.6) is 5.75 Å². The second-order valence-electron chi connectivity index (χ2n) is 4.68. The van der Waals surface area contributed by atoms with Crippen LogP contribution in [0, 0.1) is 5.82 Å². The first-order valence-electron chi connectivity index (χ1n) is 6.31. The van der Waals surface area contributed by atoms with E-state index in [0.29, 0.717) is 11.7 Å². The lowest BCUT2D eigenvalue weighted by Gasteiger charge is -2.09. The fraction of sp³-hybridized carbons (Fsp3) is 0.286. The molecule has 4 nitrogen and oxygen atoms in total.